The Morgan fingerprint density at radius 3 is 2.19 bits per heavy atom. The average molecular weight is 396 g/mol. The summed E-state index contributed by atoms with van der Waals surface area (Å²) < 4.78 is 53.4. The number of nitrogens with zero attached hydrogens (tertiary/aromatic N) is 1. The normalized spacial score (nSPS) is 23.0. The minimum atomic E-state index is -3.78. The van der Waals surface area contributed by atoms with Crippen molar-refractivity contribution in [2.45, 2.75) is 29.8 Å². The maximum atomic E-state index is 12.6. The number of aryl methyl sites for hydroxylation is 1. The summed E-state index contributed by atoms with van der Waals surface area (Å²) in [4.78, 5) is 11.6. The van der Waals surface area contributed by atoms with Crippen LogP contribution in [-0.2, 0) is 24.8 Å². The molecule has 7 nitrogen and oxygen atoms in total. The van der Waals surface area contributed by atoms with E-state index in [1.807, 2.05) is 6.92 Å². The smallest absolute Gasteiger partial charge is 0.240 e. The van der Waals surface area contributed by atoms with E-state index >= 15 is 0 Å². The van der Waals surface area contributed by atoms with E-state index < -0.39 is 31.6 Å². The van der Waals surface area contributed by atoms with E-state index in [4.69, 9.17) is 0 Å². The van der Waals surface area contributed by atoms with Gasteiger partial charge in [0.05, 0.1) is 16.7 Å². The third-order valence-electron chi connectivity index (χ3n) is 4.55. The Labute approximate surface area is 153 Å². The van der Waals surface area contributed by atoms with Crippen molar-refractivity contribution >= 4 is 25.8 Å². The molecule has 0 amide bonds. The highest BCUT2D eigenvalue weighted by atomic mass is 32.2. The Balaban J connectivity index is 1.89. The molecule has 1 N–H and O–H groups in total. The third kappa shape index (κ3) is 3.66. The standard InChI is InChI=1S/C17H20N2O5S2/c1-13-3-5-16(6-4-13)26(23,24)18-14-11-17(9-7-15(20)8-10-17)19(12-14)25(2,21)22/h3-10,14,18H,11-12H2,1-2H3/t14-/m0/s1. The highest BCUT2D eigenvalue weighted by Gasteiger charge is 2.48. The Hall–Kier alpha value is -1.81. The summed E-state index contributed by atoms with van der Waals surface area (Å²) in [5, 5.41) is 0. The van der Waals surface area contributed by atoms with Gasteiger partial charge in [-0.1, -0.05) is 29.8 Å². The van der Waals surface area contributed by atoms with Crippen molar-refractivity contribution in [2.24, 2.45) is 0 Å². The molecule has 3 rings (SSSR count). The van der Waals surface area contributed by atoms with E-state index in [2.05, 4.69) is 4.72 Å². The molecule has 1 atom stereocenters. The van der Waals surface area contributed by atoms with E-state index in [0.717, 1.165) is 11.8 Å². The van der Waals surface area contributed by atoms with E-state index in [1.54, 1.807) is 12.1 Å². The summed E-state index contributed by atoms with van der Waals surface area (Å²) in [5.41, 5.74) is -0.0868. The van der Waals surface area contributed by atoms with Gasteiger partial charge >= 0.3 is 0 Å². The summed E-state index contributed by atoms with van der Waals surface area (Å²) in [6, 6.07) is 5.81. The molecule has 1 aliphatic heterocycles. The first-order chi connectivity index (χ1) is 12.0. The van der Waals surface area contributed by atoms with Gasteiger partial charge in [-0.05, 0) is 37.6 Å². The van der Waals surface area contributed by atoms with Crippen LogP contribution in [0.5, 0.6) is 0 Å². The number of hydrogen-bond acceptors (Lipinski definition) is 5. The van der Waals surface area contributed by atoms with Crippen LogP contribution in [0.4, 0.5) is 0 Å². The maximum Gasteiger partial charge on any atom is 0.240 e. The van der Waals surface area contributed by atoms with Crippen LogP contribution in [0.2, 0.25) is 0 Å². The van der Waals surface area contributed by atoms with E-state index in [0.29, 0.717) is 0 Å². The number of benzene rings is 1. The zero-order chi connectivity index (χ0) is 19.2. The third-order valence-corrected chi connectivity index (χ3v) is 7.38. The fraction of sp³-hybridized carbons (Fsp3) is 0.353. The van der Waals surface area contributed by atoms with E-state index in [-0.39, 0.29) is 23.6 Å². The van der Waals surface area contributed by atoms with Crippen LogP contribution in [0.25, 0.3) is 0 Å². The Morgan fingerprint density at radius 1 is 1.08 bits per heavy atom. The average Bonchev–Trinajstić information content (AvgIpc) is 2.88. The zero-order valence-corrected chi connectivity index (χ0v) is 16.0. The monoisotopic (exact) mass is 396 g/mol. The van der Waals surface area contributed by atoms with Gasteiger partial charge in [0, 0.05) is 12.6 Å². The lowest BCUT2D eigenvalue weighted by Gasteiger charge is -2.32. The number of nitrogens with one attached hydrogen (secondary N) is 1. The van der Waals surface area contributed by atoms with Crippen LogP contribution in [0.15, 0.2) is 53.5 Å². The van der Waals surface area contributed by atoms with Crippen LogP contribution < -0.4 is 4.72 Å². The summed E-state index contributed by atoms with van der Waals surface area (Å²) in [6.45, 7) is 1.85. The van der Waals surface area contributed by atoms with Crippen LogP contribution in [0, 0.1) is 6.92 Å². The fourth-order valence-electron chi connectivity index (χ4n) is 3.33. The van der Waals surface area contributed by atoms with Crippen molar-refractivity contribution in [2.75, 3.05) is 12.8 Å². The van der Waals surface area contributed by atoms with Gasteiger partial charge in [0.2, 0.25) is 20.0 Å². The molecule has 1 spiro atoms. The molecule has 2 aliphatic rings. The van der Waals surface area contributed by atoms with Crippen molar-refractivity contribution in [1.29, 1.82) is 0 Å². The minimum Gasteiger partial charge on any atom is -0.290 e. The number of ketones is 1. The molecule has 1 aliphatic carbocycles. The van der Waals surface area contributed by atoms with Crippen LogP contribution >= 0.6 is 0 Å². The number of carbonyl (C=O) groups excluding carboxylic acids is 1. The molecule has 0 radical (unpaired) electrons. The van der Waals surface area contributed by atoms with Gasteiger partial charge in [0.25, 0.3) is 0 Å². The summed E-state index contributed by atoms with van der Waals surface area (Å²) in [7, 11) is -7.38. The second-order valence-corrected chi connectivity index (χ2v) is 10.3. The highest BCUT2D eigenvalue weighted by Crippen LogP contribution is 2.36. The van der Waals surface area contributed by atoms with Crippen molar-refractivity contribution in [3.63, 3.8) is 0 Å². The molecule has 9 heteroatoms. The van der Waals surface area contributed by atoms with Crippen LogP contribution in [0.1, 0.15) is 12.0 Å². The second-order valence-electron chi connectivity index (χ2n) is 6.69. The van der Waals surface area contributed by atoms with Crippen molar-refractivity contribution in [3.05, 3.63) is 54.1 Å². The summed E-state index contributed by atoms with van der Waals surface area (Å²) in [6.07, 6.45) is 6.96. The molecule has 0 aromatic heterocycles. The quantitative estimate of drug-likeness (QED) is 0.809. The van der Waals surface area contributed by atoms with E-state index in [1.165, 1.54) is 40.7 Å². The summed E-state index contributed by atoms with van der Waals surface area (Å²) in [5.74, 6) is -0.229. The maximum absolute atomic E-state index is 12.6. The molecular weight excluding hydrogens is 376 g/mol. The summed E-state index contributed by atoms with van der Waals surface area (Å²) >= 11 is 0. The molecule has 0 unspecified atom stereocenters. The first-order valence-corrected chi connectivity index (χ1v) is 11.3. The van der Waals surface area contributed by atoms with Crippen molar-refractivity contribution < 1.29 is 21.6 Å². The van der Waals surface area contributed by atoms with Gasteiger partial charge in [-0.2, -0.15) is 4.31 Å². The minimum absolute atomic E-state index is 0.00715. The lowest BCUT2D eigenvalue weighted by atomic mass is 9.91. The predicted molar refractivity (Wildman–Crippen MR) is 97.5 cm³/mol. The predicted octanol–water partition coefficient (Wildman–Crippen LogP) is 0.741. The topological polar surface area (TPSA) is 101 Å². The number of hydrogen-bond donors (Lipinski definition) is 1. The van der Waals surface area contributed by atoms with Crippen LogP contribution in [0.3, 0.4) is 0 Å². The second kappa shape index (κ2) is 6.41. The molecular formula is C17H20N2O5S2. The molecule has 140 valence electrons. The SMILES string of the molecule is Cc1ccc(S(=O)(=O)N[C@@H]2CN(S(C)(=O)=O)C3(C=CC(=O)C=C3)C2)cc1. The van der Waals surface area contributed by atoms with Crippen molar-refractivity contribution in [1.82, 2.24) is 9.03 Å². The van der Waals surface area contributed by atoms with Gasteiger partial charge in [-0.25, -0.2) is 21.6 Å². The van der Waals surface area contributed by atoms with Gasteiger partial charge in [0.15, 0.2) is 5.78 Å². The van der Waals surface area contributed by atoms with Gasteiger partial charge in [-0.15, -0.1) is 0 Å². The molecule has 0 saturated carbocycles. The lowest BCUT2D eigenvalue weighted by molar-refractivity contribution is -0.110. The number of rotatable bonds is 4. The molecule has 0 bridgehead atoms. The van der Waals surface area contributed by atoms with Gasteiger partial charge in [-0.3, -0.25) is 4.79 Å². The van der Waals surface area contributed by atoms with Gasteiger partial charge in [0.1, 0.15) is 0 Å². The van der Waals surface area contributed by atoms with E-state index in [9.17, 15) is 21.6 Å². The Morgan fingerprint density at radius 2 is 1.65 bits per heavy atom. The lowest BCUT2D eigenvalue weighted by Crippen LogP contribution is -2.45. The molecule has 26 heavy (non-hydrogen) atoms. The molecule has 1 aromatic carbocycles. The first kappa shape index (κ1) is 19.0. The van der Waals surface area contributed by atoms with Gasteiger partial charge < -0.3 is 0 Å². The Bertz CT molecular complexity index is 976. The fourth-order valence-corrected chi connectivity index (χ4v) is 5.82. The Kier molecular flexibility index (Phi) is 4.68. The van der Waals surface area contributed by atoms with Crippen LogP contribution in [-0.4, -0.2) is 51.3 Å². The first-order valence-electron chi connectivity index (χ1n) is 8.01. The molecule has 1 aromatic rings. The molecule has 1 fully saturated rings. The van der Waals surface area contributed by atoms with Crippen molar-refractivity contribution in [3.8, 4) is 0 Å². The molecule has 1 heterocycles. The number of allylic oxidation sites excluding steroid dienone is 2. The number of carbonyl (C=O) groups is 1. The number of sulfonamides is 2. The molecule has 1 saturated heterocycles. The largest absolute Gasteiger partial charge is 0.290 e. The zero-order valence-electron chi connectivity index (χ0n) is 14.4. The highest BCUT2D eigenvalue weighted by molar-refractivity contribution is 7.89.